The summed E-state index contributed by atoms with van der Waals surface area (Å²) in [6.45, 7) is 0.428. The maximum atomic E-state index is 12.9. The molecule has 0 heterocycles. The van der Waals surface area contributed by atoms with Crippen molar-refractivity contribution in [1.29, 1.82) is 0 Å². The van der Waals surface area contributed by atoms with Crippen molar-refractivity contribution in [3.8, 4) is 0 Å². The molecule has 0 saturated heterocycles. The largest absolute Gasteiger partial charge is 0.469 e. The maximum absolute atomic E-state index is 12.9. The Morgan fingerprint density at radius 3 is 2.68 bits per heavy atom. The second-order valence-corrected chi connectivity index (χ2v) is 4.88. The number of rotatable bonds is 5. The molecule has 6 heteroatoms. The zero-order valence-corrected chi connectivity index (χ0v) is 12.4. The summed E-state index contributed by atoms with van der Waals surface area (Å²) in [6, 6.07) is 3.91. The Kier molecular flexibility index (Phi) is 5.95. The van der Waals surface area contributed by atoms with Crippen LogP contribution in [0, 0.1) is 5.82 Å². The first-order chi connectivity index (χ1) is 8.95. The SMILES string of the molecule is COC(=O)CCCN(C)C(=O)c1ccc(F)cc1Br. The first-order valence-corrected chi connectivity index (χ1v) is 6.52. The van der Waals surface area contributed by atoms with Crippen LogP contribution in [0.2, 0.25) is 0 Å². The van der Waals surface area contributed by atoms with Gasteiger partial charge >= 0.3 is 5.97 Å². The average molecular weight is 332 g/mol. The summed E-state index contributed by atoms with van der Waals surface area (Å²) in [7, 11) is 2.96. The minimum absolute atomic E-state index is 0.225. The molecule has 0 spiro atoms. The van der Waals surface area contributed by atoms with Crippen molar-refractivity contribution in [2.24, 2.45) is 0 Å². The van der Waals surface area contributed by atoms with Gasteiger partial charge in [0.05, 0.1) is 12.7 Å². The molecule has 0 aliphatic carbocycles. The van der Waals surface area contributed by atoms with Gasteiger partial charge in [0.25, 0.3) is 5.91 Å². The fraction of sp³-hybridized carbons (Fsp3) is 0.385. The van der Waals surface area contributed by atoms with Crippen LogP contribution in [0.1, 0.15) is 23.2 Å². The Bertz CT molecular complexity index is 479. The summed E-state index contributed by atoms with van der Waals surface area (Å²) >= 11 is 3.16. The molecule has 0 N–H and O–H groups in total. The van der Waals surface area contributed by atoms with Crippen molar-refractivity contribution in [2.75, 3.05) is 20.7 Å². The van der Waals surface area contributed by atoms with E-state index in [-0.39, 0.29) is 18.3 Å². The number of halogens is 2. The van der Waals surface area contributed by atoms with E-state index in [1.165, 1.54) is 30.2 Å². The third-order valence-electron chi connectivity index (χ3n) is 2.61. The van der Waals surface area contributed by atoms with Gasteiger partial charge in [0.2, 0.25) is 0 Å². The normalized spacial score (nSPS) is 10.1. The number of amides is 1. The highest BCUT2D eigenvalue weighted by molar-refractivity contribution is 9.10. The van der Waals surface area contributed by atoms with Gasteiger partial charge in [-0.25, -0.2) is 4.39 Å². The van der Waals surface area contributed by atoms with Crippen LogP contribution in [0.25, 0.3) is 0 Å². The topological polar surface area (TPSA) is 46.6 Å². The van der Waals surface area contributed by atoms with Crippen LogP contribution in [0.3, 0.4) is 0 Å². The van der Waals surface area contributed by atoms with Crippen molar-refractivity contribution < 1.29 is 18.7 Å². The van der Waals surface area contributed by atoms with Gasteiger partial charge in [-0.15, -0.1) is 0 Å². The number of nitrogens with zero attached hydrogens (tertiary/aromatic N) is 1. The van der Waals surface area contributed by atoms with Crippen LogP contribution in [-0.4, -0.2) is 37.5 Å². The predicted octanol–water partition coefficient (Wildman–Crippen LogP) is 2.61. The number of esters is 1. The lowest BCUT2D eigenvalue weighted by atomic mass is 10.2. The van der Waals surface area contributed by atoms with Gasteiger partial charge in [-0.1, -0.05) is 0 Å². The number of methoxy groups -OCH3 is 1. The standard InChI is InChI=1S/C13H15BrFNO3/c1-16(7-3-4-12(17)19-2)13(18)10-6-5-9(15)8-11(10)14/h5-6,8H,3-4,7H2,1-2H3. The van der Waals surface area contributed by atoms with Crippen LogP contribution in [0.15, 0.2) is 22.7 Å². The van der Waals surface area contributed by atoms with Gasteiger partial charge in [-0.05, 0) is 40.5 Å². The highest BCUT2D eigenvalue weighted by Crippen LogP contribution is 2.19. The highest BCUT2D eigenvalue weighted by Gasteiger charge is 2.15. The van der Waals surface area contributed by atoms with Crippen molar-refractivity contribution in [3.05, 3.63) is 34.1 Å². The maximum Gasteiger partial charge on any atom is 0.305 e. The number of hydrogen-bond acceptors (Lipinski definition) is 3. The zero-order chi connectivity index (χ0) is 14.4. The van der Waals surface area contributed by atoms with E-state index in [9.17, 15) is 14.0 Å². The summed E-state index contributed by atoms with van der Waals surface area (Å²) in [5.41, 5.74) is 0.391. The summed E-state index contributed by atoms with van der Waals surface area (Å²) in [5.74, 6) is -0.933. The monoisotopic (exact) mass is 331 g/mol. The molecule has 0 unspecified atom stereocenters. The molecule has 0 radical (unpaired) electrons. The van der Waals surface area contributed by atoms with E-state index in [1.807, 2.05) is 0 Å². The molecule has 1 aromatic rings. The number of carbonyl (C=O) groups excluding carboxylic acids is 2. The molecule has 0 aromatic heterocycles. The molecule has 4 nitrogen and oxygen atoms in total. The number of carbonyl (C=O) groups is 2. The predicted molar refractivity (Wildman–Crippen MR) is 72.3 cm³/mol. The van der Waals surface area contributed by atoms with E-state index in [0.717, 1.165) is 0 Å². The molecule has 1 amide bonds. The van der Waals surface area contributed by atoms with E-state index >= 15 is 0 Å². The Morgan fingerprint density at radius 2 is 2.11 bits per heavy atom. The Morgan fingerprint density at radius 1 is 1.42 bits per heavy atom. The molecule has 1 aromatic carbocycles. The van der Waals surface area contributed by atoms with Gasteiger partial charge < -0.3 is 9.64 Å². The molecule has 19 heavy (non-hydrogen) atoms. The Labute approximate surface area is 119 Å². The molecule has 0 aliphatic rings. The number of ether oxygens (including phenoxy) is 1. The number of hydrogen-bond donors (Lipinski definition) is 0. The van der Waals surface area contributed by atoms with Crippen molar-refractivity contribution in [3.63, 3.8) is 0 Å². The smallest absolute Gasteiger partial charge is 0.305 e. The fourth-order valence-electron chi connectivity index (χ4n) is 1.53. The molecule has 104 valence electrons. The van der Waals surface area contributed by atoms with Crippen LogP contribution in [0.5, 0.6) is 0 Å². The minimum atomic E-state index is -0.406. The second-order valence-electron chi connectivity index (χ2n) is 4.03. The summed E-state index contributed by atoms with van der Waals surface area (Å²) in [4.78, 5) is 24.5. The van der Waals surface area contributed by atoms with Gasteiger partial charge in [0, 0.05) is 24.5 Å². The van der Waals surface area contributed by atoms with Crippen molar-refractivity contribution in [2.45, 2.75) is 12.8 Å². The van der Waals surface area contributed by atoms with E-state index in [0.29, 0.717) is 23.0 Å². The van der Waals surface area contributed by atoms with Crippen LogP contribution < -0.4 is 0 Å². The van der Waals surface area contributed by atoms with Gasteiger partial charge in [0.1, 0.15) is 5.82 Å². The van der Waals surface area contributed by atoms with Gasteiger partial charge in [-0.2, -0.15) is 0 Å². The summed E-state index contributed by atoms with van der Waals surface area (Å²) in [5, 5.41) is 0. The molecule has 0 fully saturated rings. The average Bonchev–Trinajstić information content (AvgIpc) is 2.37. The molecule has 0 atom stereocenters. The molecule has 1 rings (SSSR count). The molecular weight excluding hydrogens is 317 g/mol. The third-order valence-corrected chi connectivity index (χ3v) is 3.27. The van der Waals surface area contributed by atoms with Crippen LogP contribution in [-0.2, 0) is 9.53 Å². The van der Waals surface area contributed by atoms with E-state index in [4.69, 9.17) is 0 Å². The summed E-state index contributed by atoms with van der Waals surface area (Å²) < 4.78 is 17.9. The van der Waals surface area contributed by atoms with Crippen molar-refractivity contribution >= 4 is 27.8 Å². The van der Waals surface area contributed by atoms with Crippen molar-refractivity contribution in [1.82, 2.24) is 4.90 Å². The molecule has 0 aliphatic heterocycles. The fourth-order valence-corrected chi connectivity index (χ4v) is 2.05. The van der Waals surface area contributed by atoms with Crippen LogP contribution in [0.4, 0.5) is 4.39 Å². The van der Waals surface area contributed by atoms with E-state index < -0.39 is 5.82 Å². The lowest BCUT2D eigenvalue weighted by Gasteiger charge is -2.17. The zero-order valence-electron chi connectivity index (χ0n) is 10.8. The number of benzene rings is 1. The first kappa shape index (κ1) is 15.6. The van der Waals surface area contributed by atoms with E-state index in [1.54, 1.807) is 7.05 Å². The molecule has 0 saturated carbocycles. The second kappa shape index (κ2) is 7.23. The van der Waals surface area contributed by atoms with Crippen LogP contribution >= 0.6 is 15.9 Å². The Balaban J connectivity index is 2.59. The lowest BCUT2D eigenvalue weighted by molar-refractivity contribution is -0.140. The molecule has 0 bridgehead atoms. The first-order valence-electron chi connectivity index (χ1n) is 5.73. The highest BCUT2D eigenvalue weighted by atomic mass is 79.9. The quantitative estimate of drug-likeness (QED) is 0.779. The lowest BCUT2D eigenvalue weighted by Crippen LogP contribution is -2.28. The van der Waals surface area contributed by atoms with Gasteiger partial charge in [0.15, 0.2) is 0 Å². The van der Waals surface area contributed by atoms with E-state index in [2.05, 4.69) is 20.7 Å². The Hall–Kier alpha value is -1.43. The van der Waals surface area contributed by atoms with Gasteiger partial charge in [-0.3, -0.25) is 9.59 Å². The molecular formula is C13H15BrFNO3. The summed E-state index contributed by atoms with van der Waals surface area (Å²) in [6.07, 6.45) is 0.784. The minimum Gasteiger partial charge on any atom is -0.469 e. The third kappa shape index (κ3) is 4.63.